The Balaban J connectivity index is 3.03. The minimum atomic E-state index is 0.245. The molecule has 1 aliphatic rings. The van der Waals surface area contributed by atoms with Crippen LogP contribution in [0.3, 0.4) is 0 Å². The summed E-state index contributed by atoms with van der Waals surface area (Å²) in [4.78, 5) is 0. The van der Waals surface area contributed by atoms with Crippen molar-refractivity contribution in [2.24, 2.45) is 5.92 Å². The standard InChI is InChI=1S/C13H16O/c1-10-6-4-5-7-11(2)12(3)9-13(14)8-10/h4-10,14H,2H2,1,3H3/b6-4-,7-5-,12-9-,13-8+. The van der Waals surface area contributed by atoms with Crippen molar-refractivity contribution in [1.29, 1.82) is 0 Å². The van der Waals surface area contributed by atoms with Crippen molar-refractivity contribution in [2.75, 3.05) is 0 Å². The number of aliphatic hydroxyl groups excluding tert-OH is 1. The van der Waals surface area contributed by atoms with E-state index < -0.39 is 0 Å². The molecule has 0 saturated carbocycles. The number of allylic oxidation sites excluding steroid dienone is 8. The molecule has 0 saturated heterocycles. The van der Waals surface area contributed by atoms with Gasteiger partial charge in [0.2, 0.25) is 0 Å². The normalized spacial score (nSPS) is 35.0. The molecule has 0 aromatic carbocycles. The van der Waals surface area contributed by atoms with Crippen LogP contribution in [0.25, 0.3) is 0 Å². The van der Waals surface area contributed by atoms with Crippen LogP contribution in [0.4, 0.5) is 0 Å². The molecule has 0 amide bonds. The van der Waals surface area contributed by atoms with Crippen LogP contribution in [0.1, 0.15) is 13.8 Å². The maximum absolute atomic E-state index is 9.58. The van der Waals surface area contributed by atoms with Crippen LogP contribution in [0.2, 0.25) is 0 Å². The fourth-order valence-electron chi connectivity index (χ4n) is 1.23. The summed E-state index contributed by atoms with van der Waals surface area (Å²) in [7, 11) is 0. The van der Waals surface area contributed by atoms with Crippen molar-refractivity contribution in [1.82, 2.24) is 0 Å². The number of hydrogen-bond acceptors (Lipinski definition) is 1. The van der Waals surface area contributed by atoms with Gasteiger partial charge in [-0.2, -0.15) is 0 Å². The van der Waals surface area contributed by atoms with E-state index in [4.69, 9.17) is 0 Å². The van der Waals surface area contributed by atoms with Gasteiger partial charge in [-0.25, -0.2) is 0 Å². The Bertz CT molecular complexity index is 340. The zero-order valence-corrected chi connectivity index (χ0v) is 8.70. The lowest BCUT2D eigenvalue weighted by Crippen LogP contribution is -1.89. The van der Waals surface area contributed by atoms with Gasteiger partial charge in [0.25, 0.3) is 0 Å². The number of rotatable bonds is 0. The average molecular weight is 188 g/mol. The molecule has 0 bridgehead atoms. The van der Waals surface area contributed by atoms with Crippen LogP contribution in [0.15, 0.2) is 59.9 Å². The molecular formula is C13H16O. The van der Waals surface area contributed by atoms with Crippen molar-refractivity contribution in [3.05, 3.63) is 59.9 Å². The van der Waals surface area contributed by atoms with Gasteiger partial charge in [0.05, 0.1) is 0 Å². The second-order valence-corrected chi connectivity index (χ2v) is 3.55. The largest absolute Gasteiger partial charge is 0.508 e. The summed E-state index contributed by atoms with van der Waals surface area (Å²) in [5.41, 5.74) is 1.90. The van der Waals surface area contributed by atoms with Crippen LogP contribution in [0.5, 0.6) is 0 Å². The van der Waals surface area contributed by atoms with Gasteiger partial charge in [0.15, 0.2) is 0 Å². The SMILES string of the molecule is C=C1/C=C\C=C/C(C)/C=C(O)\C=C/1C. The molecule has 1 nitrogen and oxygen atoms in total. The van der Waals surface area contributed by atoms with E-state index in [2.05, 4.69) is 6.58 Å². The monoisotopic (exact) mass is 188 g/mol. The minimum absolute atomic E-state index is 0.245. The van der Waals surface area contributed by atoms with Crippen molar-refractivity contribution in [2.45, 2.75) is 13.8 Å². The summed E-state index contributed by atoms with van der Waals surface area (Å²) in [5, 5.41) is 9.58. The molecule has 1 atom stereocenters. The highest BCUT2D eigenvalue weighted by molar-refractivity contribution is 5.40. The van der Waals surface area contributed by atoms with E-state index in [1.54, 1.807) is 6.08 Å². The molecule has 0 radical (unpaired) electrons. The molecule has 0 aromatic rings. The summed E-state index contributed by atoms with van der Waals surface area (Å²) in [6, 6.07) is 0. The average Bonchev–Trinajstić information content (AvgIpc) is 2.10. The summed E-state index contributed by atoms with van der Waals surface area (Å²) in [6.45, 7) is 7.86. The lowest BCUT2D eigenvalue weighted by atomic mass is 10.0. The summed E-state index contributed by atoms with van der Waals surface area (Å²) in [5.74, 6) is 0.547. The molecule has 0 fully saturated rings. The Morgan fingerprint density at radius 2 is 2.07 bits per heavy atom. The highest BCUT2D eigenvalue weighted by Gasteiger charge is 1.98. The Morgan fingerprint density at radius 3 is 2.79 bits per heavy atom. The van der Waals surface area contributed by atoms with Crippen LogP contribution < -0.4 is 0 Å². The highest BCUT2D eigenvalue weighted by atomic mass is 16.3. The first-order valence-corrected chi connectivity index (χ1v) is 4.73. The molecule has 0 heterocycles. The van der Waals surface area contributed by atoms with Crippen molar-refractivity contribution >= 4 is 0 Å². The van der Waals surface area contributed by atoms with Gasteiger partial charge < -0.3 is 5.11 Å². The van der Waals surface area contributed by atoms with Gasteiger partial charge in [-0.15, -0.1) is 0 Å². The Morgan fingerprint density at radius 1 is 1.36 bits per heavy atom. The molecule has 1 rings (SSSR count). The molecular weight excluding hydrogens is 172 g/mol. The first-order valence-electron chi connectivity index (χ1n) is 4.73. The second kappa shape index (κ2) is 4.66. The Kier molecular flexibility index (Phi) is 3.52. The zero-order chi connectivity index (χ0) is 10.6. The van der Waals surface area contributed by atoms with Gasteiger partial charge in [-0.1, -0.05) is 37.8 Å². The van der Waals surface area contributed by atoms with E-state index in [0.29, 0.717) is 5.76 Å². The second-order valence-electron chi connectivity index (χ2n) is 3.55. The number of aliphatic hydroxyl groups is 1. The molecule has 0 spiro atoms. The maximum Gasteiger partial charge on any atom is 0.112 e. The topological polar surface area (TPSA) is 20.2 Å². The molecule has 0 aliphatic heterocycles. The third kappa shape index (κ3) is 3.09. The minimum Gasteiger partial charge on any atom is -0.508 e. The molecule has 1 unspecified atom stereocenters. The predicted octanol–water partition coefficient (Wildman–Crippen LogP) is 3.69. The van der Waals surface area contributed by atoms with E-state index in [9.17, 15) is 5.11 Å². The lowest BCUT2D eigenvalue weighted by molar-refractivity contribution is 0.426. The Labute approximate surface area is 85.5 Å². The van der Waals surface area contributed by atoms with Crippen LogP contribution in [-0.2, 0) is 0 Å². The van der Waals surface area contributed by atoms with Crippen molar-refractivity contribution < 1.29 is 5.11 Å². The molecule has 1 aliphatic carbocycles. The van der Waals surface area contributed by atoms with Gasteiger partial charge in [0.1, 0.15) is 5.76 Å². The smallest absolute Gasteiger partial charge is 0.112 e. The predicted molar refractivity (Wildman–Crippen MR) is 61.1 cm³/mol. The van der Waals surface area contributed by atoms with Gasteiger partial charge in [-0.05, 0) is 36.1 Å². The molecule has 1 heteroatoms. The van der Waals surface area contributed by atoms with E-state index in [1.165, 1.54) is 0 Å². The van der Waals surface area contributed by atoms with Crippen molar-refractivity contribution in [3.8, 4) is 0 Å². The third-order valence-electron chi connectivity index (χ3n) is 2.13. The highest BCUT2D eigenvalue weighted by Crippen LogP contribution is 2.14. The number of hydrogen-bond donors (Lipinski definition) is 1. The van der Waals surface area contributed by atoms with Crippen LogP contribution in [0, 0.1) is 5.92 Å². The first kappa shape index (κ1) is 10.6. The summed E-state index contributed by atoms with van der Waals surface area (Å²) < 4.78 is 0. The summed E-state index contributed by atoms with van der Waals surface area (Å²) >= 11 is 0. The van der Waals surface area contributed by atoms with Crippen LogP contribution in [-0.4, -0.2) is 5.11 Å². The van der Waals surface area contributed by atoms with E-state index in [0.717, 1.165) is 11.1 Å². The first-order chi connectivity index (χ1) is 6.59. The van der Waals surface area contributed by atoms with Gasteiger partial charge in [-0.3, -0.25) is 0 Å². The zero-order valence-electron chi connectivity index (χ0n) is 8.70. The van der Waals surface area contributed by atoms with E-state index in [-0.39, 0.29) is 5.92 Å². The molecule has 1 N–H and O–H groups in total. The summed E-state index contributed by atoms with van der Waals surface area (Å²) in [6.07, 6.45) is 11.4. The maximum atomic E-state index is 9.58. The van der Waals surface area contributed by atoms with Gasteiger partial charge >= 0.3 is 0 Å². The molecule has 14 heavy (non-hydrogen) atoms. The fourth-order valence-corrected chi connectivity index (χ4v) is 1.23. The van der Waals surface area contributed by atoms with Crippen molar-refractivity contribution in [3.63, 3.8) is 0 Å². The Hall–Kier alpha value is -1.50. The molecule has 0 aromatic heterocycles. The quantitative estimate of drug-likeness (QED) is 0.614. The van der Waals surface area contributed by atoms with E-state index in [1.807, 2.05) is 44.2 Å². The lowest BCUT2D eigenvalue weighted by Gasteiger charge is -2.04. The van der Waals surface area contributed by atoms with Crippen LogP contribution >= 0.6 is 0 Å². The fraction of sp³-hybridized carbons (Fsp3) is 0.231. The van der Waals surface area contributed by atoms with Gasteiger partial charge in [0, 0.05) is 0 Å². The third-order valence-corrected chi connectivity index (χ3v) is 2.13. The van der Waals surface area contributed by atoms with E-state index >= 15 is 0 Å². The molecule has 74 valence electrons.